The number of rotatable bonds is 5. The molecular weight excluding hydrogens is 294 g/mol. The Labute approximate surface area is 136 Å². The van der Waals surface area contributed by atoms with Gasteiger partial charge in [-0.1, -0.05) is 6.92 Å². The van der Waals surface area contributed by atoms with Crippen molar-refractivity contribution in [2.24, 2.45) is 11.8 Å². The number of carbonyl (C=O) groups excluding carboxylic acids is 1. The molecule has 0 spiro atoms. The van der Waals surface area contributed by atoms with E-state index in [1.54, 1.807) is 0 Å². The van der Waals surface area contributed by atoms with Crippen LogP contribution in [-0.4, -0.2) is 34.9 Å². The van der Waals surface area contributed by atoms with Crippen molar-refractivity contribution in [2.45, 2.75) is 57.5 Å². The number of hydrogen-bond donors (Lipinski definition) is 1. The van der Waals surface area contributed by atoms with Crippen LogP contribution < -0.4 is 5.32 Å². The fourth-order valence-corrected chi connectivity index (χ4v) is 4.39. The van der Waals surface area contributed by atoms with E-state index in [0.29, 0.717) is 23.8 Å². The van der Waals surface area contributed by atoms with E-state index in [1.807, 2.05) is 11.3 Å². The lowest BCUT2D eigenvalue weighted by Crippen LogP contribution is -2.50. The highest BCUT2D eigenvalue weighted by atomic mass is 32.1. The maximum absolute atomic E-state index is 12.2. The molecule has 1 aromatic rings. The summed E-state index contributed by atoms with van der Waals surface area (Å²) in [6, 6.07) is 0.509. The van der Waals surface area contributed by atoms with Crippen LogP contribution in [0.2, 0.25) is 0 Å². The molecule has 2 atom stereocenters. The molecule has 22 heavy (non-hydrogen) atoms. The summed E-state index contributed by atoms with van der Waals surface area (Å²) in [4.78, 5) is 19.0. The zero-order chi connectivity index (χ0) is 15.1. The summed E-state index contributed by atoms with van der Waals surface area (Å²) in [7, 11) is 0. The van der Waals surface area contributed by atoms with Gasteiger partial charge in [0, 0.05) is 42.9 Å². The monoisotopic (exact) mass is 319 g/mol. The number of hydrogen-bond acceptors (Lipinski definition) is 4. The molecule has 2 heterocycles. The van der Waals surface area contributed by atoms with Crippen LogP contribution in [0, 0.1) is 11.8 Å². The van der Waals surface area contributed by atoms with Crippen molar-refractivity contribution in [3.05, 3.63) is 16.1 Å². The minimum Gasteiger partial charge on any atom is -0.342 e. The van der Waals surface area contributed by atoms with Gasteiger partial charge in [-0.3, -0.25) is 4.79 Å². The van der Waals surface area contributed by atoms with Gasteiger partial charge in [0.25, 0.3) is 0 Å². The Kier molecular flexibility index (Phi) is 3.95. The maximum atomic E-state index is 12.2. The second-order valence-electron chi connectivity index (χ2n) is 7.26. The average Bonchev–Trinajstić information content (AvgIpc) is 3.44. The number of nitrogens with one attached hydrogen (secondary N) is 1. The van der Waals surface area contributed by atoms with E-state index in [4.69, 9.17) is 4.98 Å². The second-order valence-corrected chi connectivity index (χ2v) is 8.15. The van der Waals surface area contributed by atoms with Crippen LogP contribution >= 0.6 is 11.3 Å². The average molecular weight is 319 g/mol. The topological polar surface area (TPSA) is 45.2 Å². The standard InChI is InChI=1S/C17H25N3OS/c1-11-9-20(17(21)13-4-5-13)7-6-15(11)18-8-14-10-22-16(19-14)12-2-3-12/h10-13,15,18H,2-9H2,1H3/t11-,15-/m1/s1. The Morgan fingerprint density at radius 3 is 2.86 bits per heavy atom. The number of nitrogens with zero attached hydrogens (tertiary/aromatic N) is 2. The zero-order valence-electron chi connectivity index (χ0n) is 13.3. The summed E-state index contributed by atoms with van der Waals surface area (Å²) in [5.41, 5.74) is 1.19. The Morgan fingerprint density at radius 2 is 2.18 bits per heavy atom. The van der Waals surface area contributed by atoms with E-state index >= 15 is 0 Å². The third-order valence-corrected chi connectivity index (χ3v) is 6.24. The van der Waals surface area contributed by atoms with Gasteiger partial charge in [-0.2, -0.15) is 0 Å². The highest BCUT2D eigenvalue weighted by molar-refractivity contribution is 7.09. The summed E-state index contributed by atoms with van der Waals surface area (Å²) in [6.07, 6.45) is 5.94. The molecule has 3 fully saturated rings. The number of carbonyl (C=O) groups is 1. The molecule has 0 aromatic carbocycles. The van der Waals surface area contributed by atoms with E-state index < -0.39 is 0 Å². The number of piperidine rings is 1. The number of aromatic nitrogens is 1. The molecule has 0 bridgehead atoms. The van der Waals surface area contributed by atoms with Crippen molar-refractivity contribution in [1.82, 2.24) is 15.2 Å². The van der Waals surface area contributed by atoms with Crippen molar-refractivity contribution in [1.29, 1.82) is 0 Å². The fourth-order valence-electron chi connectivity index (χ4n) is 3.39. The van der Waals surface area contributed by atoms with Crippen molar-refractivity contribution in [2.75, 3.05) is 13.1 Å². The van der Waals surface area contributed by atoms with Gasteiger partial charge in [-0.05, 0) is 38.0 Å². The molecule has 1 aliphatic heterocycles. The Bertz CT molecular complexity index is 550. The molecule has 4 nitrogen and oxygen atoms in total. The van der Waals surface area contributed by atoms with E-state index in [9.17, 15) is 4.79 Å². The molecule has 1 amide bonds. The van der Waals surface area contributed by atoms with Crippen molar-refractivity contribution in [3.63, 3.8) is 0 Å². The third-order valence-electron chi connectivity index (χ3n) is 5.19. The van der Waals surface area contributed by atoms with Gasteiger partial charge >= 0.3 is 0 Å². The van der Waals surface area contributed by atoms with Gasteiger partial charge in [0.15, 0.2) is 0 Å². The molecule has 5 heteroatoms. The Balaban J connectivity index is 1.27. The molecule has 2 saturated carbocycles. The van der Waals surface area contributed by atoms with E-state index in [-0.39, 0.29) is 0 Å². The summed E-state index contributed by atoms with van der Waals surface area (Å²) >= 11 is 1.82. The number of likely N-dealkylation sites (tertiary alicyclic amines) is 1. The number of thiazole rings is 1. The number of amides is 1. The molecule has 2 aliphatic carbocycles. The van der Waals surface area contributed by atoms with Gasteiger partial charge in [-0.25, -0.2) is 4.98 Å². The third kappa shape index (κ3) is 3.20. The minimum absolute atomic E-state index is 0.354. The first kappa shape index (κ1) is 14.6. The maximum Gasteiger partial charge on any atom is 0.225 e. The molecule has 0 unspecified atom stereocenters. The fraction of sp³-hybridized carbons (Fsp3) is 0.765. The molecule has 1 saturated heterocycles. The van der Waals surface area contributed by atoms with Gasteiger partial charge in [-0.15, -0.1) is 11.3 Å². The normalized spacial score (nSPS) is 28.9. The van der Waals surface area contributed by atoms with Crippen molar-refractivity contribution in [3.8, 4) is 0 Å². The second kappa shape index (κ2) is 5.93. The highest BCUT2D eigenvalue weighted by Gasteiger charge is 2.36. The Hall–Kier alpha value is -0.940. The lowest BCUT2D eigenvalue weighted by Gasteiger charge is -2.37. The van der Waals surface area contributed by atoms with Gasteiger partial charge < -0.3 is 10.2 Å². The SMILES string of the molecule is C[C@@H]1CN(C(=O)C2CC2)CC[C@H]1NCc1csc(C2CC2)n1. The van der Waals surface area contributed by atoms with E-state index in [0.717, 1.165) is 44.8 Å². The summed E-state index contributed by atoms with van der Waals surface area (Å²) in [5, 5.41) is 7.20. The summed E-state index contributed by atoms with van der Waals surface area (Å²) in [5.74, 6) is 2.04. The zero-order valence-corrected chi connectivity index (χ0v) is 14.1. The van der Waals surface area contributed by atoms with E-state index in [1.165, 1.54) is 23.5 Å². The lowest BCUT2D eigenvalue weighted by molar-refractivity contribution is -0.134. The van der Waals surface area contributed by atoms with Crippen LogP contribution in [0.5, 0.6) is 0 Å². The molecule has 4 rings (SSSR count). The van der Waals surface area contributed by atoms with Crippen LogP contribution in [0.3, 0.4) is 0 Å². The predicted molar refractivity (Wildman–Crippen MR) is 87.8 cm³/mol. The molecule has 0 radical (unpaired) electrons. The highest BCUT2D eigenvalue weighted by Crippen LogP contribution is 2.41. The first-order chi connectivity index (χ1) is 10.7. The van der Waals surface area contributed by atoms with Crippen LogP contribution in [0.15, 0.2) is 5.38 Å². The van der Waals surface area contributed by atoms with E-state index in [2.05, 4.69) is 22.5 Å². The smallest absolute Gasteiger partial charge is 0.225 e. The summed E-state index contributed by atoms with van der Waals surface area (Å²) in [6.45, 7) is 4.97. The molecule has 1 N–H and O–H groups in total. The Morgan fingerprint density at radius 1 is 1.36 bits per heavy atom. The molecule has 3 aliphatic rings. The molecular formula is C17H25N3OS. The van der Waals surface area contributed by atoms with Crippen LogP contribution in [-0.2, 0) is 11.3 Å². The van der Waals surface area contributed by atoms with Gasteiger partial charge in [0.05, 0.1) is 10.7 Å². The van der Waals surface area contributed by atoms with Gasteiger partial charge in [0.1, 0.15) is 0 Å². The predicted octanol–water partition coefficient (Wildman–Crippen LogP) is 2.76. The summed E-state index contributed by atoms with van der Waals surface area (Å²) < 4.78 is 0. The van der Waals surface area contributed by atoms with Crippen LogP contribution in [0.4, 0.5) is 0 Å². The van der Waals surface area contributed by atoms with Gasteiger partial charge in [0.2, 0.25) is 5.91 Å². The quantitative estimate of drug-likeness (QED) is 0.908. The van der Waals surface area contributed by atoms with Crippen LogP contribution in [0.1, 0.15) is 55.6 Å². The van der Waals surface area contributed by atoms with Crippen LogP contribution in [0.25, 0.3) is 0 Å². The van der Waals surface area contributed by atoms with Crippen molar-refractivity contribution >= 4 is 17.2 Å². The first-order valence-electron chi connectivity index (χ1n) is 8.67. The lowest BCUT2D eigenvalue weighted by atomic mass is 9.93. The molecule has 120 valence electrons. The van der Waals surface area contributed by atoms with Crippen molar-refractivity contribution < 1.29 is 4.79 Å². The largest absolute Gasteiger partial charge is 0.342 e. The molecule has 1 aromatic heterocycles. The first-order valence-corrected chi connectivity index (χ1v) is 9.55. The minimum atomic E-state index is 0.354.